The first-order valence-electron chi connectivity index (χ1n) is 5.95. The van der Waals surface area contributed by atoms with E-state index in [1.165, 1.54) is 0 Å². The number of methoxy groups -OCH3 is 1. The van der Waals surface area contributed by atoms with Crippen LogP contribution in [0.4, 0.5) is 4.39 Å². The quantitative estimate of drug-likeness (QED) is 0.877. The fourth-order valence-electron chi connectivity index (χ4n) is 2.68. The molecule has 0 amide bonds. The maximum Gasteiger partial charge on any atom is 0.131 e. The highest BCUT2D eigenvalue weighted by atomic mass is 19.1. The molecule has 0 aromatic heterocycles. The third-order valence-corrected chi connectivity index (χ3v) is 3.88. The van der Waals surface area contributed by atoms with Gasteiger partial charge in [0.2, 0.25) is 0 Å². The van der Waals surface area contributed by atoms with E-state index in [0.717, 1.165) is 18.4 Å². The highest BCUT2D eigenvalue weighted by molar-refractivity contribution is 5.49. The second-order valence-electron chi connectivity index (χ2n) is 5.63. The van der Waals surface area contributed by atoms with Crippen molar-refractivity contribution in [3.8, 4) is 5.75 Å². The van der Waals surface area contributed by atoms with E-state index in [0.29, 0.717) is 11.3 Å². The van der Waals surface area contributed by atoms with Gasteiger partial charge in [-0.25, -0.2) is 4.39 Å². The molecule has 0 saturated heterocycles. The molecule has 17 heavy (non-hydrogen) atoms. The van der Waals surface area contributed by atoms with E-state index in [1.54, 1.807) is 13.2 Å². The molecular formula is C14H20FNO. The Morgan fingerprint density at radius 2 is 1.94 bits per heavy atom. The molecule has 94 valence electrons. The Hall–Kier alpha value is -1.09. The van der Waals surface area contributed by atoms with Crippen molar-refractivity contribution >= 4 is 0 Å². The molecule has 0 unspecified atom stereocenters. The van der Waals surface area contributed by atoms with E-state index < -0.39 is 5.54 Å². The number of halogens is 1. The fraction of sp³-hybridized carbons (Fsp3) is 0.571. The summed E-state index contributed by atoms with van der Waals surface area (Å²) >= 11 is 0. The first-order valence-corrected chi connectivity index (χ1v) is 5.95. The molecule has 1 aliphatic rings. The molecular weight excluding hydrogens is 217 g/mol. The molecule has 0 atom stereocenters. The number of aryl methyl sites for hydroxylation is 1. The predicted octanol–water partition coefficient (Wildman–Crippen LogP) is 2.91. The maximum absolute atomic E-state index is 14.2. The van der Waals surface area contributed by atoms with E-state index in [-0.39, 0.29) is 11.2 Å². The first-order chi connectivity index (χ1) is 7.82. The maximum atomic E-state index is 14.2. The van der Waals surface area contributed by atoms with Crippen molar-refractivity contribution in [2.45, 2.75) is 44.6 Å². The van der Waals surface area contributed by atoms with Gasteiger partial charge in [0.05, 0.1) is 7.11 Å². The zero-order valence-electron chi connectivity index (χ0n) is 10.9. The Labute approximate surface area is 102 Å². The molecule has 1 aromatic carbocycles. The lowest BCUT2D eigenvalue weighted by Gasteiger charge is -2.32. The summed E-state index contributed by atoms with van der Waals surface area (Å²) in [5.41, 5.74) is 7.03. The number of benzene rings is 1. The van der Waals surface area contributed by atoms with Gasteiger partial charge >= 0.3 is 0 Å². The molecule has 0 heterocycles. The van der Waals surface area contributed by atoms with Crippen LogP contribution in [0.1, 0.15) is 37.8 Å². The van der Waals surface area contributed by atoms with Crippen LogP contribution in [0.5, 0.6) is 5.75 Å². The summed E-state index contributed by atoms with van der Waals surface area (Å²) in [6, 6.07) is 3.44. The smallest absolute Gasteiger partial charge is 0.131 e. The molecule has 3 heteroatoms. The first kappa shape index (κ1) is 12.4. The van der Waals surface area contributed by atoms with Crippen LogP contribution in [-0.4, -0.2) is 12.6 Å². The summed E-state index contributed by atoms with van der Waals surface area (Å²) in [5.74, 6) is 0.427. The highest BCUT2D eigenvalue weighted by Gasteiger charge is 2.56. The number of nitrogens with two attached hydrogens (primary N) is 1. The molecule has 0 spiro atoms. The summed E-state index contributed by atoms with van der Waals surface area (Å²) in [4.78, 5) is 0. The van der Waals surface area contributed by atoms with Gasteiger partial charge < -0.3 is 10.5 Å². The van der Waals surface area contributed by atoms with Gasteiger partial charge in [0.25, 0.3) is 0 Å². The topological polar surface area (TPSA) is 35.2 Å². The standard InChI is InChI=1S/C14H20FNO/c1-9-7-10(15)12(11(8-9)17-4)14(5-6-14)13(2,3)16/h7-8H,5-6,16H2,1-4H3. The summed E-state index contributed by atoms with van der Waals surface area (Å²) in [5, 5.41) is 0. The Morgan fingerprint density at radius 1 is 1.35 bits per heavy atom. The normalized spacial score (nSPS) is 18.0. The molecule has 1 fully saturated rings. The second-order valence-corrected chi connectivity index (χ2v) is 5.63. The third kappa shape index (κ3) is 1.82. The Balaban J connectivity index is 2.60. The summed E-state index contributed by atoms with van der Waals surface area (Å²) < 4.78 is 19.6. The SMILES string of the molecule is COc1cc(C)cc(F)c1C1(C(C)(C)N)CC1. The van der Waals surface area contributed by atoms with Gasteiger partial charge in [-0.1, -0.05) is 0 Å². The van der Waals surface area contributed by atoms with Crippen molar-refractivity contribution in [1.29, 1.82) is 0 Å². The van der Waals surface area contributed by atoms with Crippen LogP contribution < -0.4 is 10.5 Å². The Morgan fingerprint density at radius 3 is 2.35 bits per heavy atom. The van der Waals surface area contributed by atoms with Crippen LogP contribution >= 0.6 is 0 Å². The third-order valence-electron chi connectivity index (χ3n) is 3.88. The fourth-order valence-corrected chi connectivity index (χ4v) is 2.68. The molecule has 0 aliphatic heterocycles. The number of hydrogen-bond acceptors (Lipinski definition) is 2. The van der Waals surface area contributed by atoms with Crippen LogP contribution in [-0.2, 0) is 5.41 Å². The highest BCUT2D eigenvalue weighted by Crippen LogP contribution is 2.57. The van der Waals surface area contributed by atoms with Crippen molar-refractivity contribution in [1.82, 2.24) is 0 Å². The van der Waals surface area contributed by atoms with Crippen molar-refractivity contribution in [3.05, 3.63) is 29.1 Å². The van der Waals surface area contributed by atoms with Crippen LogP contribution in [0.15, 0.2) is 12.1 Å². The van der Waals surface area contributed by atoms with Gasteiger partial charge in [0.1, 0.15) is 11.6 Å². The van der Waals surface area contributed by atoms with Gasteiger partial charge in [-0.2, -0.15) is 0 Å². The lowest BCUT2D eigenvalue weighted by atomic mass is 9.78. The van der Waals surface area contributed by atoms with Crippen molar-refractivity contribution in [3.63, 3.8) is 0 Å². The lowest BCUT2D eigenvalue weighted by molar-refractivity contribution is 0.347. The van der Waals surface area contributed by atoms with Gasteiger partial charge in [-0.3, -0.25) is 0 Å². The van der Waals surface area contributed by atoms with E-state index in [2.05, 4.69) is 0 Å². The lowest BCUT2D eigenvalue weighted by Crippen LogP contribution is -2.45. The molecule has 2 rings (SSSR count). The van der Waals surface area contributed by atoms with Gasteiger partial charge in [0.15, 0.2) is 0 Å². The minimum atomic E-state index is -0.434. The van der Waals surface area contributed by atoms with Crippen molar-refractivity contribution in [2.24, 2.45) is 5.73 Å². The largest absolute Gasteiger partial charge is 0.496 e. The molecule has 1 aliphatic carbocycles. The minimum Gasteiger partial charge on any atom is -0.496 e. The second kappa shape index (κ2) is 3.70. The molecule has 2 N–H and O–H groups in total. The molecule has 0 bridgehead atoms. The minimum absolute atomic E-state index is 0.196. The van der Waals surface area contributed by atoms with Gasteiger partial charge in [0, 0.05) is 16.5 Å². The van der Waals surface area contributed by atoms with E-state index in [9.17, 15) is 4.39 Å². The van der Waals surface area contributed by atoms with E-state index in [1.807, 2.05) is 26.8 Å². The summed E-state index contributed by atoms with van der Waals surface area (Å²) in [7, 11) is 1.58. The van der Waals surface area contributed by atoms with E-state index >= 15 is 0 Å². The van der Waals surface area contributed by atoms with Crippen LogP contribution in [0.3, 0.4) is 0 Å². The molecule has 0 radical (unpaired) electrons. The molecule has 1 saturated carbocycles. The zero-order chi connectivity index (χ0) is 12.8. The van der Waals surface area contributed by atoms with E-state index in [4.69, 9.17) is 10.5 Å². The van der Waals surface area contributed by atoms with Gasteiger partial charge in [-0.15, -0.1) is 0 Å². The van der Waals surface area contributed by atoms with Crippen LogP contribution in [0.25, 0.3) is 0 Å². The molecule has 1 aromatic rings. The Bertz CT molecular complexity index is 444. The Kier molecular flexibility index (Phi) is 2.69. The molecule has 2 nitrogen and oxygen atoms in total. The monoisotopic (exact) mass is 237 g/mol. The summed E-state index contributed by atoms with van der Waals surface area (Å²) in [6.07, 6.45) is 1.85. The van der Waals surface area contributed by atoms with Crippen LogP contribution in [0, 0.1) is 12.7 Å². The van der Waals surface area contributed by atoms with Gasteiger partial charge in [-0.05, 0) is 51.3 Å². The predicted molar refractivity (Wildman–Crippen MR) is 66.9 cm³/mol. The van der Waals surface area contributed by atoms with Crippen molar-refractivity contribution < 1.29 is 9.13 Å². The average Bonchev–Trinajstić information content (AvgIpc) is 2.96. The number of hydrogen-bond donors (Lipinski definition) is 1. The zero-order valence-corrected chi connectivity index (χ0v) is 10.9. The van der Waals surface area contributed by atoms with Crippen molar-refractivity contribution in [2.75, 3.05) is 7.11 Å². The summed E-state index contributed by atoms with van der Waals surface area (Å²) in [6.45, 7) is 5.78. The average molecular weight is 237 g/mol. The van der Waals surface area contributed by atoms with Crippen LogP contribution in [0.2, 0.25) is 0 Å². The number of ether oxygens (including phenoxy) is 1. The number of rotatable bonds is 3.